The smallest absolute Gasteiger partial charge is 0.254 e. The molecule has 2 amide bonds. The van der Waals surface area contributed by atoms with Gasteiger partial charge in [-0.25, -0.2) is 0 Å². The van der Waals surface area contributed by atoms with Crippen molar-refractivity contribution >= 4 is 23.2 Å². The Kier molecular flexibility index (Phi) is 4.81. The predicted octanol–water partition coefficient (Wildman–Crippen LogP) is 3.31. The second-order valence-corrected chi connectivity index (χ2v) is 6.84. The van der Waals surface area contributed by atoms with Gasteiger partial charge in [0.25, 0.3) is 5.91 Å². The van der Waals surface area contributed by atoms with Crippen LogP contribution >= 0.6 is 11.3 Å². The molecule has 0 aliphatic carbocycles. The monoisotopic (exact) mass is 340 g/mol. The van der Waals surface area contributed by atoms with Gasteiger partial charge in [-0.1, -0.05) is 18.7 Å². The van der Waals surface area contributed by atoms with E-state index in [1.807, 2.05) is 29.2 Å². The van der Waals surface area contributed by atoms with Gasteiger partial charge in [0.15, 0.2) is 0 Å². The molecule has 0 saturated heterocycles. The fourth-order valence-electron chi connectivity index (χ4n) is 2.98. The predicted molar refractivity (Wildman–Crippen MR) is 96.0 cm³/mol. The van der Waals surface area contributed by atoms with Gasteiger partial charge in [-0.3, -0.25) is 9.59 Å². The van der Waals surface area contributed by atoms with Crippen molar-refractivity contribution in [3.8, 4) is 0 Å². The topological polar surface area (TPSA) is 49.4 Å². The summed E-state index contributed by atoms with van der Waals surface area (Å²) in [6, 6.07) is 9.64. The first-order valence-corrected chi connectivity index (χ1v) is 8.84. The van der Waals surface area contributed by atoms with Crippen molar-refractivity contribution in [2.75, 3.05) is 6.54 Å². The molecule has 0 saturated carbocycles. The molecule has 1 unspecified atom stereocenters. The number of carbonyl (C=O) groups is 2. The molecule has 3 rings (SSSR count). The first-order chi connectivity index (χ1) is 11.6. The molecule has 4 nitrogen and oxygen atoms in total. The lowest BCUT2D eigenvalue weighted by Gasteiger charge is -2.33. The minimum Gasteiger partial charge on any atom is -0.348 e. The molecular formula is C19H20N2O2S. The van der Waals surface area contributed by atoms with Crippen molar-refractivity contribution in [1.29, 1.82) is 0 Å². The van der Waals surface area contributed by atoms with Crippen molar-refractivity contribution in [2.45, 2.75) is 25.9 Å². The molecule has 1 aromatic heterocycles. The fourth-order valence-corrected chi connectivity index (χ4v) is 3.94. The molecule has 5 heteroatoms. The zero-order chi connectivity index (χ0) is 17.1. The standard InChI is InChI=1S/C19H20N2O2S/c1-3-18(22)20-12-14-4-6-15(7-5-14)19(23)21-10-8-17-16(13(21)2)9-11-24-17/h3-7,9,11,13H,1,8,10,12H2,2H3,(H,20,22). The summed E-state index contributed by atoms with van der Waals surface area (Å²) in [7, 11) is 0. The highest BCUT2D eigenvalue weighted by Crippen LogP contribution is 2.33. The number of hydrogen-bond donors (Lipinski definition) is 1. The van der Waals surface area contributed by atoms with E-state index in [9.17, 15) is 9.59 Å². The minimum atomic E-state index is -0.205. The van der Waals surface area contributed by atoms with Crippen molar-refractivity contribution in [1.82, 2.24) is 10.2 Å². The highest BCUT2D eigenvalue weighted by Gasteiger charge is 2.28. The average Bonchev–Trinajstić information content (AvgIpc) is 3.09. The Balaban J connectivity index is 1.69. The summed E-state index contributed by atoms with van der Waals surface area (Å²) in [4.78, 5) is 27.3. The lowest BCUT2D eigenvalue weighted by molar-refractivity contribution is -0.116. The molecular weight excluding hydrogens is 320 g/mol. The molecule has 1 aliphatic heterocycles. The van der Waals surface area contributed by atoms with Crippen LogP contribution in [-0.4, -0.2) is 23.3 Å². The van der Waals surface area contributed by atoms with Crippen LogP contribution in [0.5, 0.6) is 0 Å². The van der Waals surface area contributed by atoms with Crippen LogP contribution in [0.25, 0.3) is 0 Å². The number of carbonyl (C=O) groups excluding carboxylic acids is 2. The van der Waals surface area contributed by atoms with Gasteiger partial charge < -0.3 is 10.2 Å². The number of nitrogens with one attached hydrogen (secondary N) is 1. The normalized spacial score (nSPS) is 16.4. The van der Waals surface area contributed by atoms with E-state index in [4.69, 9.17) is 0 Å². The molecule has 124 valence electrons. The maximum Gasteiger partial charge on any atom is 0.254 e. The van der Waals surface area contributed by atoms with Gasteiger partial charge in [0.05, 0.1) is 6.04 Å². The number of nitrogens with zero attached hydrogens (tertiary/aromatic N) is 1. The largest absolute Gasteiger partial charge is 0.348 e. The summed E-state index contributed by atoms with van der Waals surface area (Å²) >= 11 is 1.77. The van der Waals surface area contributed by atoms with Gasteiger partial charge in [-0.05, 0) is 54.1 Å². The van der Waals surface area contributed by atoms with Crippen molar-refractivity contribution < 1.29 is 9.59 Å². The van der Waals surface area contributed by atoms with Crippen LogP contribution < -0.4 is 5.32 Å². The van der Waals surface area contributed by atoms with Crippen LogP contribution in [0, 0.1) is 0 Å². The third kappa shape index (κ3) is 3.26. The number of fused-ring (bicyclic) bond motifs is 1. The van der Waals surface area contributed by atoms with Gasteiger partial charge in [0.2, 0.25) is 5.91 Å². The highest BCUT2D eigenvalue weighted by molar-refractivity contribution is 7.10. The summed E-state index contributed by atoms with van der Waals surface area (Å²) < 4.78 is 0. The number of amides is 2. The Morgan fingerprint density at radius 2 is 2.08 bits per heavy atom. The molecule has 0 radical (unpaired) electrons. The molecule has 24 heavy (non-hydrogen) atoms. The SMILES string of the molecule is C=CC(=O)NCc1ccc(C(=O)N2CCc3sccc3C2C)cc1. The van der Waals surface area contributed by atoms with Crippen LogP contribution in [0.3, 0.4) is 0 Å². The number of benzene rings is 1. The summed E-state index contributed by atoms with van der Waals surface area (Å²) in [5.41, 5.74) is 2.90. The van der Waals surface area contributed by atoms with Crippen LogP contribution in [0.1, 0.15) is 39.3 Å². The number of thiophene rings is 1. The van der Waals surface area contributed by atoms with E-state index in [-0.39, 0.29) is 17.9 Å². The van der Waals surface area contributed by atoms with Crippen molar-refractivity contribution in [2.24, 2.45) is 0 Å². The zero-order valence-electron chi connectivity index (χ0n) is 13.6. The zero-order valence-corrected chi connectivity index (χ0v) is 14.4. The van der Waals surface area contributed by atoms with E-state index in [1.165, 1.54) is 16.5 Å². The van der Waals surface area contributed by atoms with Crippen molar-refractivity contribution in [3.63, 3.8) is 0 Å². The van der Waals surface area contributed by atoms with E-state index in [2.05, 4.69) is 30.3 Å². The summed E-state index contributed by atoms with van der Waals surface area (Å²) in [6.45, 7) is 6.69. The molecule has 1 aromatic carbocycles. The maximum atomic E-state index is 12.8. The molecule has 2 heterocycles. The molecule has 0 fully saturated rings. The highest BCUT2D eigenvalue weighted by atomic mass is 32.1. The lowest BCUT2D eigenvalue weighted by Crippen LogP contribution is -2.38. The molecule has 0 spiro atoms. The van der Waals surface area contributed by atoms with Gasteiger partial charge in [0.1, 0.15) is 0 Å². The third-order valence-electron chi connectivity index (χ3n) is 4.39. The Bertz CT molecular complexity index is 764. The molecule has 0 bridgehead atoms. The van der Waals surface area contributed by atoms with E-state index < -0.39 is 0 Å². The minimum absolute atomic E-state index is 0.0565. The summed E-state index contributed by atoms with van der Waals surface area (Å²) in [5, 5.41) is 4.82. The van der Waals surface area contributed by atoms with Gasteiger partial charge >= 0.3 is 0 Å². The van der Waals surface area contributed by atoms with Gasteiger partial charge in [-0.2, -0.15) is 0 Å². The number of rotatable bonds is 4. The Morgan fingerprint density at radius 3 is 2.79 bits per heavy atom. The van der Waals surface area contributed by atoms with E-state index in [0.29, 0.717) is 12.1 Å². The van der Waals surface area contributed by atoms with E-state index >= 15 is 0 Å². The first-order valence-electron chi connectivity index (χ1n) is 7.96. The van der Waals surface area contributed by atoms with E-state index in [0.717, 1.165) is 18.5 Å². The maximum absolute atomic E-state index is 12.8. The second-order valence-electron chi connectivity index (χ2n) is 5.84. The Labute approximate surface area is 145 Å². The molecule has 2 aromatic rings. The third-order valence-corrected chi connectivity index (χ3v) is 5.39. The van der Waals surface area contributed by atoms with E-state index in [1.54, 1.807) is 11.3 Å². The molecule has 1 atom stereocenters. The lowest BCUT2D eigenvalue weighted by atomic mass is 10.00. The van der Waals surface area contributed by atoms with Crippen LogP contribution in [0.15, 0.2) is 48.4 Å². The molecule has 1 N–H and O–H groups in total. The Hall–Kier alpha value is -2.40. The van der Waals surface area contributed by atoms with Crippen molar-refractivity contribution in [3.05, 3.63) is 69.9 Å². The fraction of sp³-hybridized carbons (Fsp3) is 0.263. The van der Waals surface area contributed by atoms with Gasteiger partial charge in [-0.15, -0.1) is 11.3 Å². The quantitative estimate of drug-likeness (QED) is 0.868. The van der Waals surface area contributed by atoms with Crippen LogP contribution in [-0.2, 0) is 17.8 Å². The Morgan fingerprint density at radius 1 is 1.33 bits per heavy atom. The number of hydrogen-bond acceptors (Lipinski definition) is 3. The average molecular weight is 340 g/mol. The second kappa shape index (κ2) is 7.01. The first kappa shape index (κ1) is 16.5. The summed E-state index contributed by atoms with van der Waals surface area (Å²) in [5.74, 6) is -0.148. The summed E-state index contributed by atoms with van der Waals surface area (Å²) in [6.07, 6.45) is 2.17. The van der Waals surface area contributed by atoms with Crippen LogP contribution in [0.4, 0.5) is 0 Å². The van der Waals surface area contributed by atoms with Gasteiger partial charge in [0, 0.05) is 23.5 Å². The molecule has 1 aliphatic rings. The van der Waals surface area contributed by atoms with Crippen LogP contribution in [0.2, 0.25) is 0 Å².